The third-order valence-electron chi connectivity index (χ3n) is 3.18. The van der Waals surface area contributed by atoms with Gasteiger partial charge in [0.25, 0.3) is 0 Å². The maximum atomic E-state index is 11.8. The molecule has 6 nitrogen and oxygen atoms in total. The van der Waals surface area contributed by atoms with Gasteiger partial charge < -0.3 is 10.1 Å². The molecule has 0 atom stereocenters. The lowest BCUT2D eigenvalue weighted by Crippen LogP contribution is -2.58. The first-order valence-electron chi connectivity index (χ1n) is 6.87. The third kappa shape index (κ3) is 5.07. The summed E-state index contributed by atoms with van der Waals surface area (Å²) in [6.45, 7) is 5.83. The zero-order chi connectivity index (χ0) is 15.9. The van der Waals surface area contributed by atoms with E-state index in [2.05, 4.69) is 10.7 Å². The van der Waals surface area contributed by atoms with Crippen LogP contribution < -0.4 is 10.7 Å². The number of carbonyl (C=O) groups is 2. The lowest BCUT2D eigenvalue weighted by molar-refractivity contribution is -0.156. The molecule has 1 aromatic rings. The van der Waals surface area contributed by atoms with Crippen molar-refractivity contribution < 1.29 is 14.3 Å². The van der Waals surface area contributed by atoms with Gasteiger partial charge in [-0.25, -0.2) is 14.6 Å². The molecule has 0 fully saturated rings. The molecule has 1 rings (SSSR count). The molecule has 6 heteroatoms. The summed E-state index contributed by atoms with van der Waals surface area (Å²) in [5.41, 5.74) is 2.67. The number of esters is 1. The molecule has 0 radical (unpaired) electrons. The molecule has 1 aromatic carbocycles. The Morgan fingerprint density at radius 3 is 2.43 bits per heavy atom. The maximum absolute atomic E-state index is 11.8. The van der Waals surface area contributed by atoms with Gasteiger partial charge in [-0.15, -0.1) is 0 Å². The molecule has 0 saturated carbocycles. The zero-order valence-corrected chi connectivity index (χ0v) is 13.0. The SMILES string of the molecule is CCOC(=O)C(C)(C)N(C)NC(=O)NCc1ccccc1. The van der Waals surface area contributed by atoms with Crippen molar-refractivity contribution in [3.05, 3.63) is 35.9 Å². The number of ether oxygens (including phenoxy) is 1. The Labute approximate surface area is 125 Å². The highest BCUT2D eigenvalue weighted by atomic mass is 16.5. The van der Waals surface area contributed by atoms with Crippen LogP contribution in [0, 0.1) is 0 Å². The van der Waals surface area contributed by atoms with Gasteiger partial charge in [-0.2, -0.15) is 0 Å². The Morgan fingerprint density at radius 1 is 1.24 bits per heavy atom. The molecule has 0 bridgehead atoms. The van der Waals surface area contributed by atoms with Crippen molar-refractivity contribution in [1.29, 1.82) is 0 Å². The highest BCUT2D eigenvalue weighted by molar-refractivity contribution is 5.80. The van der Waals surface area contributed by atoms with E-state index < -0.39 is 11.5 Å². The molecule has 0 saturated heterocycles. The highest BCUT2D eigenvalue weighted by Gasteiger charge is 2.34. The lowest BCUT2D eigenvalue weighted by atomic mass is 10.1. The van der Waals surface area contributed by atoms with E-state index in [0.717, 1.165) is 5.56 Å². The van der Waals surface area contributed by atoms with E-state index in [1.165, 1.54) is 5.01 Å². The highest BCUT2D eigenvalue weighted by Crippen LogP contribution is 2.12. The first-order chi connectivity index (χ1) is 9.87. The number of nitrogens with zero attached hydrogens (tertiary/aromatic N) is 1. The third-order valence-corrected chi connectivity index (χ3v) is 3.18. The Bertz CT molecular complexity index is 474. The van der Waals surface area contributed by atoms with Gasteiger partial charge in [-0.05, 0) is 26.3 Å². The van der Waals surface area contributed by atoms with Crippen molar-refractivity contribution in [2.75, 3.05) is 13.7 Å². The fourth-order valence-corrected chi connectivity index (χ4v) is 1.55. The molecule has 116 valence electrons. The van der Waals surface area contributed by atoms with Gasteiger partial charge in [0.05, 0.1) is 6.61 Å². The quantitative estimate of drug-likeness (QED) is 0.618. The van der Waals surface area contributed by atoms with Crippen LogP contribution >= 0.6 is 0 Å². The summed E-state index contributed by atoms with van der Waals surface area (Å²) in [6, 6.07) is 9.20. The number of rotatable bonds is 6. The Morgan fingerprint density at radius 2 is 1.86 bits per heavy atom. The van der Waals surface area contributed by atoms with Crippen LogP contribution in [0.25, 0.3) is 0 Å². The summed E-state index contributed by atoms with van der Waals surface area (Å²) in [6.07, 6.45) is 0. The first-order valence-corrected chi connectivity index (χ1v) is 6.87. The number of benzene rings is 1. The van der Waals surface area contributed by atoms with Crippen LogP contribution in [-0.4, -0.2) is 36.2 Å². The fourth-order valence-electron chi connectivity index (χ4n) is 1.55. The molecule has 2 N–H and O–H groups in total. The van der Waals surface area contributed by atoms with Crippen molar-refractivity contribution in [3.63, 3.8) is 0 Å². The van der Waals surface area contributed by atoms with Crippen molar-refractivity contribution >= 4 is 12.0 Å². The normalized spacial score (nSPS) is 11.1. The number of hydrogen-bond acceptors (Lipinski definition) is 4. The average molecular weight is 293 g/mol. The largest absolute Gasteiger partial charge is 0.465 e. The second kappa shape index (κ2) is 7.64. The van der Waals surface area contributed by atoms with E-state index in [-0.39, 0.29) is 6.03 Å². The smallest absolute Gasteiger partial charge is 0.329 e. The van der Waals surface area contributed by atoms with Crippen LogP contribution in [0.15, 0.2) is 30.3 Å². The fraction of sp³-hybridized carbons (Fsp3) is 0.467. The lowest BCUT2D eigenvalue weighted by Gasteiger charge is -2.32. The van der Waals surface area contributed by atoms with Crippen molar-refractivity contribution in [3.8, 4) is 0 Å². The van der Waals surface area contributed by atoms with Crippen LogP contribution in [0.2, 0.25) is 0 Å². The zero-order valence-electron chi connectivity index (χ0n) is 13.0. The summed E-state index contributed by atoms with van der Waals surface area (Å²) < 4.78 is 4.99. The predicted octanol–water partition coefficient (Wildman–Crippen LogP) is 1.67. The second-order valence-corrected chi connectivity index (χ2v) is 5.12. The van der Waals surface area contributed by atoms with Gasteiger partial charge in [-0.3, -0.25) is 5.43 Å². The predicted molar refractivity (Wildman–Crippen MR) is 80.3 cm³/mol. The molecule has 21 heavy (non-hydrogen) atoms. The number of likely N-dealkylation sites (N-methyl/N-ethyl adjacent to an activating group) is 1. The van der Waals surface area contributed by atoms with Crippen LogP contribution in [0.3, 0.4) is 0 Å². The number of hydrogen-bond donors (Lipinski definition) is 2. The number of hydrazine groups is 1. The topological polar surface area (TPSA) is 70.7 Å². The van der Waals surface area contributed by atoms with E-state index in [0.29, 0.717) is 13.2 Å². The van der Waals surface area contributed by atoms with E-state index in [1.54, 1.807) is 27.8 Å². The minimum Gasteiger partial charge on any atom is -0.465 e. The Balaban J connectivity index is 2.48. The molecule has 0 aliphatic carbocycles. The summed E-state index contributed by atoms with van der Waals surface area (Å²) in [4.78, 5) is 23.7. The summed E-state index contributed by atoms with van der Waals surface area (Å²) in [5.74, 6) is -0.393. The minimum absolute atomic E-state index is 0.302. The number of carbonyl (C=O) groups excluding carboxylic acids is 2. The van der Waals surface area contributed by atoms with Crippen LogP contribution in [-0.2, 0) is 16.1 Å². The molecule has 0 unspecified atom stereocenters. The van der Waals surface area contributed by atoms with Gasteiger partial charge in [0, 0.05) is 13.6 Å². The van der Waals surface area contributed by atoms with Crippen molar-refractivity contribution in [2.45, 2.75) is 32.9 Å². The summed E-state index contributed by atoms with van der Waals surface area (Å²) >= 11 is 0. The van der Waals surface area contributed by atoms with Gasteiger partial charge in [0.1, 0.15) is 5.54 Å². The van der Waals surface area contributed by atoms with Gasteiger partial charge >= 0.3 is 12.0 Å². The molecule has 2 amide bonds. The summed E-state index contributed by atoms with van der Waals surface area (Å²) in [5, 5.41) is 4.16. The molecule has 0 aromatic heterocycles. The monoisotopic (exact) mass is 293 g/mol. The Kier molecular flexibility index (Phi) is 6.17. The Hall–Kier alpha value is -2.08. The van der Waals surface area contributed by atoms with Crippen LogP contribution in [0.1, 0.15) is 26.3 Å². The number of urea groups is 1. The van der Waals surface area contributed by atoms with Gasteiger partial charge in [-0.1, -0.05) is 30.3 Å². The number of amides is 2. The molecule has 0 aliphatic rings. The molecule has 0 heterocycles. The van der Waals surface area contributed by atoms with E-state index >= 15 is 0 Å². The minimum atomic E-state index is -0.944. The van der Waals surface area contributed by atoms with Crippen molar-refractivity contribution in [2.24, 2.45) is 0 Å². The summed E-state index contributed by atoms with van der Waals surface area (Å²) in [7, 11) is 1.62. The van der Waals surface area contributed by atoms with Crippen LogP contribution in [0.5, 0.6) is 0 Å². The van der Waals surface area contributed by atoms with Gasteiger partial charge in [0.2, 0.25) is 0 Å². The molecule has 0 aliphatic heterocycles. The maximum Gasteiger partial charge on any atom is 0.329 e. The van der Waals surface area contributed by atoms with Gasteiger partial charge in [0.15, 0.2) is 0 Å². The number of nitrogens with one attached hydrogen (secondary N) is 2. The van der Waals surface area contributed by atoms with Crippen LogP contribution in [0.4, 0.5) is 4.79 Å². The molecule has 0 spiro atoms. The first kappa shape index (κ1) is 17.0. The molecular formula is C15H23N3O3. The molecular weight excluding hydrogens is 270 g/mol. The second-order valence-electron chi connectivity index (χ2n) is 5.12. The average Bonchev–Trinajstić information content (AvgIpc) is 2.46. The van der Waals surface area contributed by atoms with E-state index in [1.807, 2.05) is 30.3 Å². The van der Waals surface area contributed by atoms with E-state index in [9.17, 15) is 9.59 Å². The standard InChI is InChI=1S/C15H23N3O3/c1-5-21-13(19)15(2,3)18(4)17-14(20)16-11-12-9-7-6-8-10-12/h6-10H,5,11H2,1-4H3,(H2,16,17,20). The van der Waals surface area contributed by atoms with Crippen molar-refractivity contribution in [1.82, 2.24) is 15.8 Å². The van der Waals surface area contributed by atoms with E-state index in [4.69, 9.17) is 4.74 Å².